The number of rotatable bonds is 4. The smallest absolute Gasteiger partial charge is 0.277 e. The molecule has 0 saturated carbocycles. The number of ether oxygens (including phenoxy) is 1. The van der Waals surface area contributed by atoms with Crippen LogP contribution in [0, 0.1) is 0 Å². The molecule has 7 heteroatoms. The molecule has 0 unspecified atom stereocenters. The molecular formula is C16H13BrN4O2. The lowest BCUT2D eigenvalue weighted by Gasteiger charge is -2.04. The van der Waals surface area contributed by atoms with Gasteiger partial charge in [-0.05, 0) is 52.3 Å². The highest BCUT2D eigenvalue weighted by Crippen LogP contribution is 2.21. The average molecular weight is 373 g/mol. The van der Waals surface area contributed by atoms with Crippen molar-refractivity contribution in [2.24, 2.45) is 0 Å². The molecule has 0 fully saturated rings. The predicted molar refractivity (Wildman–Crippen MR) is 90.0 cm³/mol. The lowest BCUT2D eigenvalue weighted by molar-refractivity contribution is 0.102. The van der Waals surface area contributed by atoms with Crippen molar-refractivity contribution in [3.8, 4) is 11.4 Å². The number of nitrogens with zero attached hydrogens (tertiary/aromatic N) is 3. The Hall–Kier alpha value is -2.67. The number of nitrogens with one attached hydrogen (secondary N) is 1. The molecule has 0 saturated heterocycles. The molecule has 2 aromatic carbocycles. The molecule has 0 spiro atoms. The molecule has 0 bridgehead atoms. The number of hydrogen-bond donors (Lipinski definition) is 1. The van der Waals surface area contributed by atoms with E-state index in [4.69, 9.17) is 4.74 Å². The van der Waals surface area contributed by atoms with Crippen molar-refractivity contribution in [3.05, 3.63) is 64.9 Å². The molecule has 3 rings (SSSR count). The highest BCUT2D eigenvalue weighted by atomic mass is 79.9. The second-order valence-electron chi connectivity index (χ2n) is 4.68. The lowest BCUT2D eigenvalue weighted by Crippen LogP contribution is -2.12. The van der Waals surface area contributed by atoms with Gasteiger partial charge in [-0.25, -0.2) is 4.68 Å². The van der Waals surface area contributed by atoms with Gasteiger partial charge in [0.15, 0.2) is 5.69 Å². The molecule has 0 aliphatic rings. The zero-order chi connectivity index (χ0) is 16.2. The second-order valence-corrected chi connectivity index (χ2v) is 5.53. The van der Waals surface area contributed by atoms with Crippen LogP contribution in [0.4, 0.5) is 5.69 Å². The van der Waals surface area contributed by atoms with E-state index in [2.05, 4.69) is 31.6 Å². The van der Waals surface area contributed by atoms with Gasteiger partial charge in [0.1, 0.15) is 5.75 Å². The number of aromatic nitrogens is 3. The third-order valence-corrected chi connectivity index (χ3v) is 3.88. The standard InChI is InChI=1S/C16H13BrN4O2/c1-23-12-8-6-11(7-9-12)21-10-15(19-20-21)16(22)18-14-5-3-2-4-13(14)17/h2-10H,1H3,(H,18,22). The summed E-state index contributed by atoms with van der Waals surface area (Å²) >= 11 is 3.38. The second kappa shape index (κ2) is 6.62. The van der Waals surface area contributed by atoms with Gasteiger partial charge in [0.05, 0.1) is 24.7 Å². The van der Waals surface area contributed by atoms with Crippen molar-refractivity contribution in [2.45, 2.75) is 0 Å². The molecular weight excluding hydrogens is 360 g/mol. The van der Waals surface area contributed by atoms with Gasteiger partial charge in [0.2, 0.25) is 0 Å². The zero-order valence-corrected chi connectivity index (χ0v) is 13.8. The van der Waals surface area contributed by atoms with E-state index in [0.29, 0.717) is 5.69 Å². The fraction of sp³-hybridized carbons (Fsp3) is 0.0625. The zero-order valence-electron chi connectivity index (χ0n) is 12.2. The Bertz CT molecular complexity index is 830. The minimum atomic E-state index is -0.323. The largest absolute Gasteiger partial charge is 0.497 e. The van der Waals surface area contributed by atoms with E-state index in [1.165, 1.54) is 4.68 Å². The Labute approximate surface area is 141 Å². The number of methoxy groups -OCH3 is 1. The van der Waals surface area contributed by atoms with E-state index in [1.54, 1.807) is 19.4 Å². The maximum Gasteiger partial charge on any atom is 0.277 e. The molecule has 1 amide bonds. The minimum absolute atomic E-state index is 0.233. The first-order valence-electron chi connectivity index (χ1n) is 6.80. The molecule has 0 atom stereocenters. The van der Waals surface area contributed by atoms with Crippen LogP contribution in [-0.2, 0) is 0 Å². The van der Waals surface area contributed by atoms with E-state index in [0.717, 1.165) is 15.9 Å². The number of halogens is 1. The summed E-state index contributed by atoms with van der Waals surface area (Å²) in [5.41, 5.74) is 1.70. The van der Waals surface area contributed by atoms with E-state index < -0.39 is 0 Å². The maximum atomic E-state index is 12.2. The fourth-order valence-corrected chi connectivity index (χ4v) is 2.36. The molecule has 3 aromatic rings. The fourth-order valence-electron chi connectivity index (χ4n) is 1.98. The third kappa shape index (κ3) is 3.40. The predicted octanol–water partition coefficient (Wildman–Crippen LogP) is 3.29. The van der Waals surface area contributed by atoms with Gasteiger partial charge in [0.25, 0.3) is 5.91 Å². The minimum Gasteiger partial charge on any atom is -0.497 e. The first-order valence-corrected chi connectivity index (χ1v) is 7.59. The van der Waals surface area contributed by atoms with Crippen LogP contribution >= 0.6 is 15.9 Å². The van der Waals surface area contributed by atoms with E-state index in [1.807, 2.05) is 42.5 Å². The van der Waals surface area contributed by atoms with Crippen LogP contribution in [-0.4, -0.2) is 28.0 Å². The topological polar surface area (TPSA) is 69.0 Å². The molecule has 23 heavy (non-hydrogen) atoms. The summed E-state index contributed by atoms with van der Waals surface area (Å²) in [7, 11) is 1.61. The number of para-hydroxylation sites is 1. The third-order valence-electron chi connectivity index (χ3n) is 3.19. The van der Waals surface area contributed by atoms with Crippen LogP contribution in [0.2, 0.25) is 0 Å². The maximum absolute atomic E-state index is 12.2. The molecule has 0 aliphatic carbocycles. The number of amides is 1. The number of benzene rings is 2. The Morgan fingerprint density at radius 1 is 1.17 bits per heavy atom. The first-order chi connectivity index (χ1) is 11.2. The molecule has 1 aromatic heterocycles. The van der Waals surface area contributed by atoms with Crippen molar-refractivity contribution >= 4 is 27.5 Å². The van der Waals surface area contributed by atoms with Crippen molar-refractivity contribution < 1.29 is 9.53 Å². The highest BCUT2D eigenvalue weighted by Gasteiger charge is 2.13. The van der Waals surface area contributed by atoms with E-state index >= 15 is 0 Å². The van der Waals surface area contributed by atoms with Gasteiger partial charge in [-0.2, -0.15) is 0 Å². The Balaban J connectivity index is 1.78. The quantitative estimate of drug-likeness (QED) is 0.762. The van der Waals surface area contributed by atoms with Crippen molar-refractivity contribution in [1.29, 1.82) is 0 Å². The molecule has 1 N–H and O–H groups in total. The summed E-state index contributed by atoms with van der Waals surface area (Å²) in [6.45, 7) is 0. The molecule has 6 nitrogen and oxygen atoms in total. The van der Waals surface area contributed by atoms with Gasteiger partial charge in [-0.3, -0.25) is 4.79 Å². The van der Waals surface area contributed by atoms with Gasteiger partial charge < -0.3 is 10.1 Å². The van der Waals surface area contributed by atoms with Gasteiger partial charge in [-0.15, -0.1) is 5.10 Å². The van der Waals surface area contributed by atoms with Crippen molar-refractivity contribution in [1.82, 2.24) is 15.0 Å². The van der Waals surface area contributed by atoms with Crippen LogP contribution in [0.1, 0.15) is 10.5 Å². The van der Waals surface area contributed by atoms with Gasteiger partial charge in [0, 0.05) is 4.47 Å². The summed E-state index contributed by atoms with van der Waals surface area (Å²) in [5, 5.41) is 10.7. The summed E-state index contributed by atoms with van der Waals surface area (Å²) in [6, 6.07) is 14.7. The Kier molecular flexibility index (Phi) is 4.38. The molecule has 116 valence electrons. The summed E-state index contributed by atoms with van der Waals surface area (Å²) in [4.78, 5) is 12.2. The Morgan fingerprint density at radius 2 is 1.91 bits per heavy atom. The van der Waals surface area contributed by atoms with Crippen molar-refractivity contribution in [2.75, 3.05) is 12.4 Å². The summed E-state index contributed by atoms with van der Waals surface area (Å²) in [6.07, 6.45) is 1.58. The van der Waals surface area contributed by atoms with Crippen LogP contribution in [0.15, 0.2) is 59.2 Å². The Morgan fingerprint density at radius 3 is 2.61 bits per heavy atom. The highest BCUT2D eigenvalue weighted by molar-refractivity contribution is 9.10. The molecule has 1 heterocycles. The normalized spacial score (nSPS) is 10.3. The average Bonchev–Trinajstić information content (AvgIpc) is 3.07. The van der Waals surface area contributed by atoms with Crippen molar-refractivity contribution in [3.63, 3.8) is 0 Å². The SMILES string of the molecule is COc1ccc(-n2cc(C(=O)Nc3ccccc3Br)nn2)cc1. The van der Waals surface area contributed by atoms with Crippen LogP contribution < -0.4 is 10.1 Å². The monoisotopic (exact) mass is 372 g/mol. The number of carbonyl (C=O) groups is 1. The van der Waals surface area contributed by atoms with E-state index in [-0.39, 0.29) is 11.6 Å². The molecule has 0 aliphatic heterocycles. The van der Waals surface area contributed by atoms with Gasteiger partial charge in [-0.1, -0.05) is 17.3 Å². The van der Waals surface area contributed by atoms with E-state index in [9.17, 15) is 4.79 Å². The van der Waals surface area contributed by atoms with Gasteiger partial charge >= 0.3 is 0 Å². The number of hydrogen-bond acceptors (Lipinski definition) is 4. The molecule has 0 radical (unpaired) electrons. The van der Waals surface area contributed by atoms with Crippen LogP contribution in [0.3, 0.4) is 0 Å². The number of carbonyl (C=O) groups excluding carboxylic acids is 1. The first kappa shape index (κ1) is 15.2. The summed E-state index contributed by atoms with van der Waals surface area (Å²) in [5.74, 6) is 0.428. The van der Waals surface area contributed by atoms with Crippen LogP contribution in [0.25, 0.3) is 5.69 Å². The number of anilines is 1. The lowest BCUT2D eigenvalue weighted by atomic mass is 10.3. The summed E-state index contributed by atoms with van der Waals surface area (Å²) < 4.78 is 7.45. The van der Waals surface area contributed by atoms with Crippen LogP contribution in [0.5, 0.6) is 5.75 Å².